The summed E-state index contributed by atoms with van der Waals surface area (Å²) >= 11 is 0. The van der Waals surface area contributed by atoms with Crippen LogP contribution in [0.5, 0.6) is 0 Å². The first-order valence-corrected chi connectivity index (χ1v) is 10.8. The molecule has 5 nitrogen and oxygen atoms in total. The second kappa shape index (κ2) is 11.5. The van der Waals surface area contributed by atoms with Crippen molar-refractivity contribution in [2.75, 3.05) is 26.2 Å². The van der Waals surface area contributed by atoms with Gasteiger partial charge in [0.1, 0.15) is 6.54 Å². The minimum absolute atomic E-state index is 0.199. The van der Waals surface area contributed by atoms with Gasteiger partial charge in [-0.05, 0) is 50.1 Å². The fourth-order valence-corrected chi connectivity index (χ4v) is 3.50. The Hall–Kier alpha value is -3.05. The SMILES string of the molecule is CCNC(=NCC#Cc1cccc(C(F)(F)F)c1)NC1CCN(Cc2ccccn2)CC1. The van der Waals surface area contributed by atoms with Gasteiger partial charge in [-0.1, -0.05) is 24.0 Å². The van der Waals surface area contributed by atoms with Crippen LogP contribution in [-0.4, -0.2) is 48.1 Å². The van der Waals surface area contributed by atoms with E-state index in [4.69, 9.17) is 0 Å². The maximum Gasteiger partial charge on any atom is 0.416 e. The summed E-state index contributed by atoms with van der Waals surface area (Å²) in [5.74, 6) is 6.28. The molecular weight excluding hydrogens is 415 g/mol. The Balaban J connectivity index is 1.50. The normalized spacial score (nSPS) is 15.7. The Kier molecular flexibility index (Phi) is 8.51. The third kappa shape index (κ3) is 7.57. The van der Waals surface area contributed by atoms with Gasteiger partial charge < -0.3 is 10.6 Å². The molecule has 0 saturated carbocycles. The molecule has 1 aliphatic rings. The molecule has 32 heavy (non-hydrogen) atoms. The van der Waals surface area contributed by atoms with E-state index < -0.39 is 11.7 Å². The molecule has 0 radical (unpaired) electrons. The van der Waals surface area contributed by atoms with Crippen LogP contribution in [0.4, 0.5) is 13.2 Å². The lowest BCUT2D eigenvalue weighted by molar-refractivity contribution is -0.137. The zero-order valence-corrected chi connectivity index (χ0v) is 18.1. The quantitative estimate of drug-likeness (QED) is 0.421. The van der Waals surface area contributed by atoms with Crippen molar-refractivity contribution in [1.29, 1.82) is 0 Å². The number of nitrogens with zero attached hydrogens (tertiary/aromatic N) is 3. The van der Waals surface area contributed by atoms with Gasteiger partial charge in [0.25, 0.3) is 0 Å². The smallest absolute Gasteiger partial charge is 0.357 e. The van der Waals surface area contributed by atoms with E-state index in [2.05, 4.69) is 37.4 Å². The van der Waals surface area contributed by atoms with Crippen molar-refractivity contribution >= 4 is 5.96 Å². The molecule has 1 aromatic heterocycles. The van der Waals surface area contributed by atoms with Gasteiger partial charge in [0.2, 0.25) is 0 Å². The van der Waals surface area contributed by atoms with Crippen LogP contribution in [0.15, 0.2) is 53.7 Å². The van der Waals surface area contributed by atoms with E-state index in [1.807, 2.05) is 31.3 Å². The number of pyridine rings is 1. The Labute approximate surface area is 187 Å². The van der Waals surface area contributed by atoms with Crippen molar-refractivity contribution in [2.24, 2.45) is 4.99 Å². The molecule has 0 atom stereocenters. The molecule has 1 aromatic carbocycles. The highest BCUT2D eigenvalue weighted by atomic mass is 19.4. The van der Waals surface area contributed by atoms with Crippen molar-refractivity contribution in [2.45, 2.75) is 38.5 Å². The summed E-state index contributed by atoms with van der Waals surface area (Å²) in [4.78, 5) is 11.2. The van der Waals surface area contributed by atoms with Gasteiger partial charge >= 0.3 is 6.18 Å². The lowest BCUT2D eigenvalue weighted by atomic mass is 10.0. The highest BCUT2D eigenvalue weighted by Gasteiger charge is 2.30. The summed E-state index contributed by atoms with van der Waals surface area (Å²) in [5.41, 5.74) is 0.707. The number of aliphatic imine (C=N–C) groups is 1. The molecule has 0 bridgehead atoms. The largest absolute Gasteiger partial charge is 0.416 e. The molecule has 3 rings (SSSR count). The summed E-state index contributed by atoms with van der Waals surface area (Å²) in [6, 6.07) is 11.3. The van der Waals surface area contributed by atoms with E-state index in [-0.39, 0.29) is 6.54 Å². The van der Waals surface area contributed by atoms with Crippen LogP contribution in [0.3, 0.4) is 0 Å². The number of guanidine groups is 1. The molecule has 0 aliphatic carbocycles. The van der Waals surface area contributed by atoms with Crippen molar-refractivity contribution in [3.05, 3.63) is 65.5 Å². The maximum absolute atomic E-state index is 12.8. The molecule has 2 N–H and O–H groups in total. The lowest BCUT2D eigenvalue weighted by Crippen LogP contribution is -2.48. The molecule has 1 saturated heterocycles. The van der Waals surface area contributed by atoms with E-state index in [1.165, 1.54) is 6.07 Å². The van der Waals surface area contributed by atoms with E-state index in [1.54, 1.807) is 6.07 Å². The van der Waals surface area contributed by atoms with E-state index in [9.17, 15) is 13.2 Å². The highest BCUT2D eigenvalue weighted by molar-refractivity contribution is 5.80. The van der Waals surface area contributed by atoms with Crippen molar-refractivity contribution in [3.8, 4) is 11.8 Å². The predicted octanol–water partition coefficient (Wildman–Crippen LogP) is 3.67. The second-order valence-corrected chi connectivity index (χ2v) is 7.59. The first-order valence-electron chi connectivity index (χ1n) is 10.8. The summed E-state index contributed by atoms with van der Waals surface area (Å²) in [6.07, 6.45) is -0.565. The maximum atomic E-state index is 12.8. The van der Waals surface area contributed by atoms with Crippen LogP contribution in [-0.2, 0) is 12.7 Å². The number of nitrogens with one attached hydrogen (secondary N) is 2. The van der Waals surface area contributed by atoms with Crippen molar-refractivity contribution < 1.29 is 13.2 Å². The highest BCUT2D eigenvalue weighted by Crippen LogP contribution is 2.29. The Bertz CT molecular complexity index is 939. The van der Waals surface area contributed by atoms with Gasteiger partial charge in [0.05, 0.1) is 11.3 Å². The van der Waals surface area contributed by atoms with Crippen LogP contribution >= 0.6 is 0 Å². The minimum Gasteiger partial charge on any atom is -0.357 e. The fraction of sp³-hybridized carbons (Fsp3) is 0.417. The van der Waals surface area contributed by atoms with E-state index in [0.29, 0.717) is 24.1 Å². The molecule has 170 valence electrons. The predicted molar refractivity (Wildman–Crippen MR) is 120 cm³/mol. The van der Waals surface area contributed by atoms with E-state index >= 15 is 0 Å². The number of benzene rings is 1. The summed E-state index contributed by atoms with van der Waals surface area (Å²) in [7, 11) is 0. The standard InChI is InChI=1S/C24H28F3N5/c1-2-28-23(30-14-6-8-19-7-5-9-20(17-19)24(25,26)27)31-21-11-15-32(16-12-21)18-22-10-3-4-13-29-22/h3-5,7,9-10,13,17,21H,2,11-12,14-16,18H2,1H3,(H2,28,30,31). The average molecular weight is 444 g/mol. The van der Waals surface area contributed by atoms with Gasteiger partial charge in [-0.3, -0.25) is 9.88 Å². The Morgan fingerprint density at radius 2 is 2.00 bits per heavy atom. The number of likely N-dealkylation sites (tertiary alicyclic amines) is 1. The number of alkyl halides is 3. The average Bonchev–Trinajstić information content (AvgIpc) is 2.78. The van der Waals surface area contributed by atoms with Crippen molar-refractivity contribution in [3.63, 3.8) is 0 Å². The molecule has 8 heteroatoms. The Morgan fingerprint density at radius 3 is 2.69 bits per heavy atom. The van der Waals surface area contributed by atoms with Crippen LogP contribution in [0.25, 0.3) is 0 Å². The minimum atomic E-state index is -4.37. The van der Waals surface area contributed by atoms with Gasteiger partial charge in [-0.2, -0.15) is 13.2 Å². The molecular formula is C24H28F3N5. The van der Waals surface area contributed by atoms with Gasteiger partial charge in [-0.25, -0.2) is 4.99 Å². The summed E-state index contributed by atoms with van der Waals surface area (Å²) in [5, 5.41) is 6.66. The van der Waals surface area contributed by atoms with Gasteiger partial charge in [-0.15, -0.1) is 0 Å². The van der Waals surface area contributed by atoms with E-state index in [0.717, 1.165) is 50.3 Å². The fourth-order valence-electron chi connectivity index (χ4n) is 3.50. The number of aromatic nitrogens is 1. The zero-order valence-electron chi connectivity index (χ0n) is 18.1. The zero-order chi connectivity index (χ0) is 22.8. The second-order valence-electron chi connectivity index (χ2n) is 7.59. The number of hydrogen-bond acceptors (Lipinski definition) is 3. The molecule has 2 heterocycles. The topological polar surface area (TPSA) is 52.6 Å². The van der Waals surface area contributed by atoms with Gasteiger partial charge in [0.15, 0.2) is 5.96 Å². The van der Waals surface area contributed by atoms with Gasteiger partial charge in [0, 0.05) is 44.0 Å². The Morgan fingerprint density at radius 1 is 1.19 bits per heavy atom. The first kappa shape index (κ1) is 23.6. The van der Waals surface area contributed by atoms with Crippen LogP contribution < -0.4 is 10.6 Å². The number of hydrogen-bond donors (Lipinski definition) is 2. The molecule has 0 unspecified atom stereocenters. The number of piperidine rings is 1. The van der Waals surface area contributed by atoms with Crippen LogP contribution in [0.1, 0.15) is 36.6 Å². The summed E-state index contributed by atoms with van der Waals surface area (Å²) < 4.78 is 38.4. The monoisotopic (exact) mass is 443 g/mol. The first-order chi connectivity index (χ1) is 15.4. The molecule has 0 spiro atoms. The van der Waals surface area contributed by atoms with Crippen molar-refractivity contribution in [1.82, 2.24) is 20.5 Å². The lowest BCUT2D eigenvalue weighted by Gasteiger charge is -2.32. The number of rotatable bonds is 5. The third-order valence-electron chi connectivity index (χ3n) is 5.12. The molecule has 0 amide bonds. The molecule has 2 aromatic rings. The third-order valence-corrected chi connectivity index (χ3v) is 5.12. The molecule has 1 aliphatic heterocycles. The summed E-state index contributed by atoms with van der Waals surface area (Å²) in [6.45, 7) is 5.70. The molecule has 1 fully saturated rings. The van der Waals surface area contributed by atoms with Crippen LogP contribution in [0.2, 0.25) is 0 Å². The number of halogens is 3. The van der Waals surface area contributed by atoms with Crippen LogP contribution in [0, 0.1) is 11.8 Å².